The zero-order valence-corrected chi connectivity index (χ0v) is 19.1. The minimum atomic E-state index is -0.250. The van der Waals surface area contributed by atoms with Gasteiger partial charge in [0.25, 0.3) is 12.9 Å². The summed E-state index contributed by atoms with van der Waals surface area (Å²) in [6.45, 7) is 6.51. The number of rotatable bonds is 5. The molecule has 3 unspecified atom stereocenters. The van der Waals surface area contributed by atoms with Crippen LogP contribution >= 0.6 is 11.3 Å². The summed E-state index contributed by atoms with van der Waals surface area (Å²) in [5, 5.41) is 16.0. The average Bonchev–Trinajstić information content (AvgIpc) is 3.35. The predicted molar refractivity (Wildman–Crippen MR) is 122 cm³/mol. The predicted octanol–water partition coefficient (Wildman–Crippen LogP) is 3.59. The fourth-order valence-electron chi connectivity index (χ4n) is 4.87. The van der Waals surface area contributed by atoms with E-state index in [0.717, 1.165) is 31.0 Å². The van der Waals surface area contributed by atoms with Gasteiger partial charge in [0, 0.05) is 49.5 Å². The summed E-state index contributed by atoms with van der Waals surface area (Å²) in [7, 11) is 2.32. The van der Waals surface area contributed by atoms with E-state index < -0.39 is 0 Å². The number of nitrogens with zero attached hydrogens (tertiary/aromatic N) is 3. The molecule has 2 aromatic heterocycles. The van der Waals surface area contributed by atoms with E-state index in [1.807, 2.05) is 23.7 Å². The van der Waals surface area contributed by atoms with Crippen molar-refractivity contribution in [1.29, 1.82) is 0 Å². The van der Waals surface area contributed by atoms with Crippen molar-refractivity contribution in [2.24, 2.45) is 11.8 Å². The lowest BCUT2D eigenvalue weighted by Crippen LogP contribution is -2.43. The Balaban J connectivity index is 0.000000513. The number of thiophene rings is 1. The smallest absolute Gasteiger partial charge is 0.290 e. The van der Waals surface area contributed by atoms with Crippen LogP contribution in [-0.4, -0.2) is 64.1 Å². The molecule has 0 aromatic carbocycles. The first-order chi connectivity index (χ1) is 15.0. The van der Waals surface area contributed by atoms with Gasteiger partial charge >= 0.3 is 0 Å². The second kappa shape index (κ2) is 13.2. The molecule has 4 rings (SSSR count). The lowest BCUT2D eigenvalue weighted by Gasteiger charge is -2.39. The lowest BCUT2D eigenvalue weighted by molar-refractivity contribution is -0.123. The summed E-state index contributed by atoms with van der Waals surface area (Å²) in [5.74, 6) is 1.72. The number of carboxylic acid groups (broad SMARTS) is 2. The van der Waals surface area contributed by atoms with Crippen LogP contribution in [-0.2, 0) is 22.7 Å². The van der Waals surface area contributed by atoms with E-state index in [1.54, 1.807) is 4.88 Å². The Bertz CT molecular complexity index is 780. The number of aromatic nitrogens is 1. The Morgan fingerprint density at radius 3 is 2.45 bits per heavy atom. The van der Waals surface area contributed by atoms with Gasteiger partial charge in [0.05, 0.1) is 0 Å². The molecular formula is C23H33N3O4S. The molecule has 0 amide bonds. The number of pyridine rings is 1. The first-order valence-electron chi connectivity index (χ1n) is 10.5. The van der Waals surface area contributed by atoms with E-state index >= 15 is 0 Å². The average molecular weight is 448 g/mol. The van der Waals surface area contributed by atoms with Crippen LogP contribution in [0.25, 0.3) is 0 Å². The molecule has 2 N–H and O–H groups in total. The normalized spacial score (nSPS) is 22.5. The fraction of sp³-hybridized carbons (Fsp3) is 0.522. The number of hydrogen-bond acceptors (Lipinski definition) is 6. The van der Waals surface area contributed by atoms with Gasteiger partial charge in [-0.25, -0.2) is 0 Å². The minimum absolute atomic E-state index is 0.250. The van der Waals surface area contributed by atoms with Gasteiger partial charge in [-0.15, -0.1) is 11.3 Å². The van der Waals surface area contributed by atoms with E-state index in [1.165, 1.54) is 43.5 Å². The SMILES string of the molecule is Cc1ccsc1CN1CC2CCCC(N(C)Cc3ccncc3)C2C1.O=CO.O=CO. The minimum Gasteiger partial charge on any atom is -0.483 e. The van der Waals surface area contributed by atoms with Gasteiger partial charge in [0.15, 0.2) is 0 Å². The molecule has 170 valence electrons. The van der Waals surface area contributed by atoms with Crippen molar-refractivity contribution in [3.63, 3.8) is 0 Å². The fourth-order valence-corrected chi connectivity index (χ4v) is 5.82. The lowest BCUT2D eigenvalue weighted by atomic mass is 9.77. The maximum absolute atomic E-state index is 8.36. The van der Waals surface area contributed by atoms with Crippen molar-refractivity contribution in [3.05, 3.63) is 52.0 Å². The summed E-state index contributed by atoms with van der Waals surface area (Å²) >= 11 is 1.92. The Morgan fingerprint density at radius 2 is 1.84 bits per heavy atom. The number of likely N-dealkylation sites (tertiary alicyclic amines) is 1. The molecule has 8 heteroatoms. The van der Waals surface area contributed by atoms with Crippen LogP contribution in [0.4, 0.5) is 0 Å². The maximum Gasteiger partial charge on any atom is 0.290 e. The van der Waals surface area contributed by atoms with Gasteiger partial charge in [0.1, 0.15) is 0 Å². The number of carbonyl (C=O) groups is 2. The van der Waals surface area contributed by atoms with Crippen LogP contribution in [0.5, 0.6) is 0 Å². The zero-order chi connectivity index (χ0) is 22.6. The Morgan fingerprint density at radius 1 is 1.16 bits per heavy atom. The van der Waals surface area contributed by atoms with Crippen molar-refractivity contribution in [2.75, 3.05) is 20.1 Å². The van der Waals surface area contributed by atoms with E-state index in [2.05, 4.69) is 52.3 Å². The third-order valence-electron chi connectivity index (χ3n) is 6.22. The van der Waals surface area contributed by atoms with Crippen molar-refractivity contribution >= 4 is 24.3 Å². The number of aryl methyl sites for hydroxylation is 1. The summed E-state index contributed by atoms with van der Waals surface area (Å²) in [5.41, 5.74) is 2.84. The molecule has 0 radical (unpaired) electrons. The molecule has 1 aliphatic heterocycles. The topological polar surface area (TPSA) is 94.0 Å². The molecule has 1 aliphatic carbocycles. The second-order valence-electron chi connectivity index (χ2n) is 8.12. The summed E-state index contributed by atoms with van der Waals surface area (Å²) in [6, 6.07) is 7.28. The quantitative estimate of drug-likeness (QED) is 0.677. The van der Waals surface area contributed by atoms with Crippen LogP contribution in [0.3, 0.4) is 0 Å². The van der Waals surface area contributed by atoms with Gasteiger partial charge in [-0.05, 0) is 73.4 Å². The van der Waals surface area contributed by atoms with Crippen LogP contribution in [0.2, 0.25) is 0 Å². The zero-order valence-electron chi connectivity index (χ0n) is 18.3. The van der Waals surface area contributed by atoms with Gasteiger partial charge < -0.3 is 10.2 Å². The van der Waals surface area contributed by atoms with Crippen LogP contribution in [0, 0.1) is 18.8 Å². The number of fused-ring (bicyclic) bond motifs is 1. The highest BCUT2D eigenvalue weighted by atomic mass is 32.1. The second-order valence-corrected chi connectivity index (χ2v) is 9.13. The maximum atomic E-state index is 8.36. The first kappa shape index (κ1) is 25.0. The van der Waals surface area contributed by atoms with E-state index in [9.17, 15) is 0 Å². The van der Waals surface area contributed by atoms with E-state index in [0.29, 0.717) is 0 Å². The molecule has 3 heterocycles. The van der Waals surface area contributed by atoms with Gasteiger partial charge in [0.2, 0.25) is 0 Å². The van der Waals surface area contributed by atoms with Crippen molar-refractivity contribution < 1.29 is 19.8 Å². The van der Waals surface area contributed by atoms with Gasteiger partial charge in [-0.1, -0.05) is 6.42 Å². The van der Waals surface area contributed by atoms with E-state index in [4.69, 9.17) is 19.8 Å². The molecule has 0 bridgehead atoms. The molecule has 7 nitrogen and oxygen atoms in total. The van der Waals surface area contributed by atoms with Crippen LogP contribution in [0.15, 0.2) is 36.0 Å². The molecule has 1 saturated carbocycles. The molecule has 2 fully saturated rings. The third kappa shape index (κ3) is 7.41. The van der Waals surface area contributed by atoms with Gasteiger partial charge in [-0.2, -0.15) is 0 Å². The highest BCUT2D eigenvalue weighted by molar-refractivity contribution is 7.10. The summed E-state index contributed by atoms with van der Waals surface area (Å²) < 4.78 is 0. The Hall–Kier alpha value is -2.29. The van der Waals surface area contributed by atoms with Crippen molar-refractivity contribution in [1.82, 2.24) is 14.8 Å². The molecular weight excluding hydrogens is 414 g/mol. The largest absolute Gasteiger partial charge is 0.483 e. The summed E-state index contributed by atoms with van der Waals surface area (Å²) in [6.07, 6.45) is 7.98. The Kier molecular flexibility index (Phi) is 10.6. The van der Waals surface area contributed by atoms with E-state index in [-0.39, 0.29) is 12.9 Å². The first-order valence-corrected chi connectivity index (χ1v) is 11.4. The Labute approximate surface area is 188 Å². The molecule has 31 heavy (non-hydrogen) atoms. The number of hydrogen-bond donors (Lipinski definition) is 2. The van der Waals surface area contributed by atoms with Gasteiger partial charge in [-0.3, -0.25) is 24.4 Å². The molecule has 3 atom stereocenters. The molecule has 2 aliphatic rings. The standard InChI is InChI=1S/C21H29N3S.2CH2O2/c1-16-8-11-25-21(16)15-24-13-18-4-3-5-20(19(18)14-24)23(2)12-17-6-9-22-10-7-17;2*2-1-3/h6-11,18-20H,3-5,12-15H2,1-2H3;2*1H,(H,2,3). The van der Waals surface area contributed by atoms with Crippen LogP contribution in [0.1, 0.15) is 35.3 Å². The monoisotopic (exact) mass is 447 g/mol. The third-order valence-corrected chi connectivity index (χ3v) is 7.23. The molecule has 2 aromatic rings. The molecule has 0 spiro atoms. The van der Waals surface area contributed by atoms with Crippen molar-refractivity contribution in [3.8, 4) is 0 Å². The highest BCUT2D eigenvalue weighted by Crippen LogP contribution is 2.39. The summed E-state index contributed by atoms with van der Waals surface area (Å²) in [4.78, 5) is 27.7. The van der Waals surface area contributed by atoms with Crippen LogP contribution < -0.4 is 0 Å². The van der Waals surface area contributed by atoms with Crippen molar-refractivity contribution in [2.45, 2.75) is 45.3 Å². The highest BCUT2D eigenvalue weighted by Gasteiger charge is 2.41. The molecule has 1 saturated heterocycles.